The number of thioether (sulfide) groups is 1. The number of benzene rings is 2. The van der Waals surface area contributed by atoms with Crippen LogP contribution in [0.3, 0.4) is 0 Å². The molecule has 0 fully saturated rings. The van der Waals surface area contributed by atoms with Crippen LogP contribution in [0.1, 0.15) is 11.1 Å². The van der Waals surface area contributed by atoms with Crippen LogP contribution in [-0.4, -0.2) is 23.1 Å². The Balaban J connectivity index is 1.58. The number of nitrogens with zero attached hydrogens (tertiary/aromatic N) is 1. The second-order valence-electron chi connectivity index (χ2n) is 5.93. The van der Waals surface area contributed by atoms with Crippen molar-refractivity contribution < 1.29 is 14.6 Å². The number of phenols is 1. The molecule has 0 aliphatic rings. The Hall–Kier alpha value is -3.25. The number of aromatic hydroxyl groups is 1. The summed E-state index contributed by atoms with van der Waals surface area (Å²) >= 11 is 1.69. The lowest BCUT2D eigenvalue weighted by atomic mass is 10.2. The van der Waals surface area contributed by atoms with Gasteiger partial charge in [-0.1, -0.05) is 12.1 Å². The molecule has 1 aromatic heterocycles. The number of hydrogen-bond acceptors (Lipinski definition) is 5. The highest BCUT2D eigenvalue weighted by atomic mass is 32.2. The monoisotopic (exact) mass is 392 g/mol. The van der Waals surface area contributed by atoms with Gasteiger partial charge in [0.1, 0.15) is 0 Å². The molecule has 2 aromatic carbocycles. The molecule has 142 valence electrons. The zero-order chi connectivity index (χ0) is 19.8. The third-order valence-corrected chi connectivity index (χ3v) is 4.95. The van der Waals surface area contributed by atoms with E-state index in [4.69, 9.17) is 4.74 Å². The molecule has 1 heterocycles. The van der Waals surface area contributed by atoms with Crippen LogP contribution >= 0.6 is 11.8 Å². The first-order chi connectivity index (χ1) is 13.6. The largest absolute Gasteiger partial charge is 0.504 e. The Labute approximate surface area is 168 Å². The molecule has 1 amide bonds. The molecular formula is C22H20N2O3S. The zero-order valence-corrected chi connectivity index (χ0v) is 16.1. The summed E-state index contributed by atoms with van der Waals surface area (Å²) in [7, 11) is 1.49. The van der Waals surface area contributed by atoms with E-state index in [1.165, 1.54) is 18.7 Å². The first-order valence-corrected chi connectivity index (χ1v) is 9.60. The number of phenolic OH excluding ortho intramolecular Hbond substituents is 1. The Bertz CT molecular complexity index is 975. The summed E-state index contributed by atoms with van der Waals surface area (Å²) in [6, 6.07) is 16.6. The van der Waals surface area contributed by atoms with Gasteiger partial charge < -0.3 is 15.2 Å². The Morgan fingerprint density at radius 2 is 2.00 bits per heavy atom. The summed E-state index contributed by atoms with van der Waals surface area (Å²) < 4.78 is 5.01. The lowest BCUT2D eigenvalue weighted by molar-refractivity contribution is -0.111. The van der Waals surface area contributed by atoms with E-state index in [1.54, 1.807) is 48.4 Å². The molecule has 0 unspecified atom stereocenters. The number of carbonyl (C=O) groups excluding carboxylic acids is 1. The molecule has 0 bridgehead atoms. The van der Waals surface area contributed by atoms with Gasteiger partial charge in [-0.05, 0) is 59.7 Å². The van der Waals surface area contributed by atoms with Gasteiger partial charge >= 0.3 is 0 Å². The average Bonchev–Trinajstić information content (AvgIpc) is 2.72. The molecule has 0 saturated carbocycles. The van der Waals surface area contributed by atoms with Crippen molar-refractivity contribution in [2.24, 2.45) is 0 Å². The minimum atomic E-state index is -0.244. The van der Waals surface area contributed by atoms with E-state index in [9.17, 15) is 9.90 Å². The minimum Gasteiger partial charge on any atom is -0.504 e. The van der Waals surface area contributed by atoms with Gasteiger partial charge in [-0.3, -0.25) is 9.78 Å². The quantitative estimate of drug-likeness (QED) is 0.449. The molecule has 0 radical (unpaired) electrons. The number of anilines is 1. The molecular weight excluding hydrogens is 372 g/mol. The van der Waals surface area contributed by atoms with Gasteiger partial charge in [0, 0.05) is 34.8 Å². The van der Waals surface area contributed by atoms with Gasteiger partial charge in [-0.2, -0.15) is 0 Å². The number of methoxy groups -OCH3 is 1. The van der Waals surface area contributed by atoms with Crippen LogP contribution in [0.4, 0.5) is 5.69 Å². The topological polar surface area (TPSA) is 71.5 Å². The Morgan fingerprint density at radius 1 is 1.18 bits per heavy atom. The van der Waals surface area contributed by atoms with Crippen molar-refractivity contribution in [1.29, 1.82) is 0 Å². The van der Waals surface area contributed by atoms with Crippen LogP contribution in [0.15, 0.2) is 78.0 Å². The van der Waals surface area contributed by atoms with E-state index in [2.05, 4.69) is 10.3 Å². The molecule has 3 aromatic rings. The highest BCUT2D eigenvalue weighted by Gasteiger charge is 2.03. The highest BCUT2D eigenvalue weighted by Crippen LogP contribution is 2.27. The molecule has 2 N–H and O–H groups in total. The number of ether oxygens (including phenoxy) is 1. The van der Waals surface area contributed by atoms with Crippen molar-refractivity contribution >= 4 is 29.4 Å². The first kappa shape index (κ1) is 19.5. The SMILES string of the molecule is COc1ccc(/C=C/C(=O)Nc2cccc(SCc3ccncc3)c2)cc1O. The third kappa shape index (κ3) is 5.62. The van der Waals surface area contributed by atoms with Gasteiger partial charge in [-0.15, -0.1) is 11.8 Å². The smallest absolute Gasteiger partial charge is 0.248 e. The van der Waals surface area contributed by atoms with Crippen LogP contribution < -0.4 is 10.1 Å². The van der Waals surface area contributed by atoms with Crippen molar-refractivity contribution in [2.45, 2.75) is 10.6 Å². The van der Waals surface area contributed by atoms with E-state index < -0.39 is 0 Å². The Kier molecular flexibility index (Phi) is 6.70. The number of hydrogen-bond donors (Lipinski definition) is 2. The number of amides is 1. The fourth-order valence-electron chi connectivity index (χ4n) is 2.48. The predicted octanol–water partition coefficient (Wildman–Crippen LogP) is 4.74. The molecule has 0 saturated heterocycles. The highest BCUT2D eigenvalue weighted by molar-refractivity contribution is 7.98. The molecule has 0 aliphatic heterocycles. The van der Waals surface area contributed by atoms with Gasteiger partial charge in [0.2, 0.25) is 5.91 Å². The second kappa shape index (κ2) is 9.62. The standard InChI is InChI=1S/C22H20N2O3S/c1-27-21-7-5-16(13-20(21)25)6-8-22(26)24-18-3-2-4-19(14-18)28-15-17-9-11-23-12-10-17/h2-14,25H,15H2,1H3,(H,24,26)/b8-6+. The maximum atomic E-state index is 12.2. The van der Waals surface area contributed by atoms with Gasteiger partial charge in [0.05, 0.1) is 7.11 Å². The second-order valence-corrected chi connectivity index (χ2v) is 6.97. The molecule has 3 rings (SSSR count). The predicted molar refractivity (Wildman–Crippen MR) is 113 cm³/mol. The van der Waals surface area contributed by atoms with Gasteiger partial charge in [-0.25, -0.2) is 0 Å². The summed E-state index contributed by atoms with van der Waals surface area (Å²) in [6.45, 7) is 0. The average molecular weight is 392 g/mol. The number of nitrogens with one attached hydrogen (secondary N) is 1. The molecule has 0 atom stereocenters. The molecule has 5 nitrogen and oxygen atoms in total. The van der Waals surface area contributed by atoms with E-state index in [0.717, 1.165) is 16.3 Å². The normalized spacial score (nSPS) is 10.8. The van der Waals surface area contributed by atoms with E-state index in [0.29, 0.717) is 11.3 Å². The van der Waals surface area contributed by atoms with Crippen LogP contribution in [0, 0.1) is 0 Å². The summed E-state index contributed by atoms with van der Waals surface area (Å²) in [5, 5.41) is 12.6. The molecule has 28 heavy (non-hydrogen) atoms. The van der Waals surface area contributed by atoms with Crippen LogP contribution in [-0.2, 0) is 10.5 Å². The first-order valence-electron chi connectivity index (χ1n) is 8.62. The van der Waals surface area contributed by atoms with Crippen molar-refractivity contribution in [2.75, 3.05) is 12.4 Å². The molecule has 0 aliphatic carbocycles. The number of pyridine rings is 1. The summed E-state index contributed by atoms with van der Waals surface area (Å²) in [5.74, 6) is 1.01. The minimum absolute atomic E-state index is 0.0315. The maximum Gasteiger partial charge on any atom is 0.248 e. The van der Waals surface area contributed by atoms with Crippen molar-refractivity contribution in [3.63, 3.8) is 0 Å². The van der Waals surface area contributed by atoms with Gasteiger partial charge in [0.15, 0.2) is 11.5 Å². The van der Waals surface area contributed by atoms with Gasteiger partial charge in [0.25, 0.3) is 0 Å². The lowest BCUT2D eigenvalue weighted by Gasteiger charge is -2.06. The van der Waals surface area contributed by atoms with Crippen molar-refractivity contribution in [3.05, 3.63) is 84.2 Å². The van der Waals surface area contributed by atoms with E-state index in [1.807, 2.05) is 36.4 Å². The van der Waals surface area contributed by atoms with Crippen LogP contribution in [0.25, 0.3) is 6.08 Å². The summed E-state index contributed by atoms with van der Waals surface area (Å²) in [4.78, 5) is 17.3. The fraction of sp³-hybridized carbons (Fsp3) is 0.0909. The zero-order valence-electron chi connectivity index (χ0n) is 15.3. The molecule has 0 spiro atoms. The van der Waals surface area contributed by atoms with Crippen LogP contribution in [0.2, 0.25) is 0 Å². The summed E-state index contributed by atoms with van der Waals surface area (Å²) in [5.41, 5.74) is 2.63. The fourth-order valence-corrected chi connectivity index (χ4v) is 3.39. The van der Waals surface area contributed by atoms with Crippen LogP contribution in [0.5, 0.6) is 11.5 Å². The van der Waals surface area contributed by atoms with Crippen molar-refractivity contribution in [1.82, 2.24) is 4.98 Å². The molecule has 6 heteroatoms. The third-order valence-electron chi connectivity index (χ3n) is 3.89. The van der Waals surface area contributed by atoms with Crippen molar-refractivity contribution in [3.8, 4) is 11.5 Å². The lowest BCUT2D eigenvalue weighted by Crippen LogP contribution is -2.07. The van der Waals surface area contributed by atoms with E-state index in [-0.39, 0.29) is 11.7 Å². The number of carbonyl (C=O) groups is 1. The number of aromatic nitrogens is 1. The number of rotatable bonds is 7. The van der Waals surface area contributed by atoms with E-state index >= 15 is 0 Å². The summed E-state index contributed by atoms with van der Waals surface area (Å²) in [6.07, 6.45) is 6.62. The Morgan fingerprint density at radius 3 is 2.75 bits per heavy atom. The maximum absolute atomic E-state index is 12.2.